The van der Waals surface area contributed by atoms with E-state index in [4.69, 9.17) is 9.47 Å². The van der Waals surface area contributed by atoms with Crippen molar-refractivity contribution in [3.05, 3.63) is 29.8 Å². The first kappa shape index (κ1) is 16.7. The molecule has 2 saturated heterocycles. The Labute approximate surface area is 139 Å². The minimum Gasteiger partial charge on any atom is -0.430 e. The number of carbonyl (C=O) groups excluding carboxylic acids is 2. The van der Waals surface area contributed by atoms with E-state index in [1.165, 1.54) is 35.6 Å². The van der Waals surface area contributed by atoms with Gasteiger partial charge in [-0.1, -0.05) is 0 Å². The lowest BCUT2D eigenvalue weighted by atomic mass is 9.94. The predicted molar refractivity (Wildman–Crippen MR) is 83.0 cm³/mol. The van der Waals surface area contributed by atoms with Crippen LogP contribution >= 0.6 is 0 Å². The van der Waals surface area contributed by atoms with Crippen LogP contribution in [0.1, 0.15) is 23.2 Å². The zero-order chi connectivity index (χ0) is 17.4. The number of sulfonamides is 1. The number of rotatable bonds is 3. The van der Waals surface area contributed by atoms with Gasteiger partial charge < -0.3 is 14.8 Å². The van der Waals surface area contributed by atoms with Gasteiger partial charge in [-0.25, -0.2) is 13.2 Å². The van der Waals surface area contributed by atoms with E-state index in [0.29, 0.717) is 18.4 Å². The molecule has 1 aromatic carbocycles. The third kappa shape index (κ3) is 2.96. The number of benzene rings is 1. The molecule has 2 heterocycles. The van der Waals surface area contributed by atoms with Gasteiger partial charge >= 0.3 is 6.16 Å². The Hall–Kier alpha value is -2.13. The molecule has 1 amide bonds. The highest BCUT2D eigenvalue weighted by Crippen LogP contribution is 2.33. The van der Waals surface area contributed by atoms with E-state index in [9.17, 15) is 18.0 Å². The van der Waals surface area contributed by atoms with Crippen molar-refractivity contribution in [2.45, 2.75) is 23.3 Å². The molecule has 2 fully saturated rings. The molecule has 0 saturated carbocycles. The van der Waals surface area contributed by atoms with Crippen molar-refractivity contribution in [3.63, 3.8) is 0 Å². The molecule has 1 aromatic rings. The predicted octanol–water partition coefficient (Wildman–Crippen LogP) is 0.736. The van der Waals surface area contributed by atoms with Crippen molar-refractivity contribution in [1.82, 2.24) is 9.62 Å². The van der Waals surface area contributed by atoms with Crippen molar-refractivity contribution in [2.75, 3.05) is 26.7 Å². The fraction of sp³-hybridized carbons (Fsp3) is 0.467. The minimum atomic E-state index is -3.65. The molecular formula is C15H18N2O6S. The van der Waals surface area contributed by atoms with Crippen LogP contribution in [0.25, 0.3) is 0 Å². The Balaban J connectivity index is 1.72. The highest BCUT2D eigenvalue weighted by Gasteiger charge is 2.46. The average Bonchev–Trinajstić information content (AvgIpc) is 2.95. The van der Waals surface area contributed by atoms with Gasteiger partial charge in [-0.15, -0.1) is 0 Å². The van der Waals surface area contributed by atoms with Gasteiger partial charge in [0.25, 0.3) is 5.91 Å². The standard InChI is InChI=1S/C15H18N2O6S/c1-16-13(18)11-2-4-12(5-3-11)24(20,21)17-8-6-15(7-9-17)10-22-14(19)23-15/h2-5H,6-10H2,1H3,(H,16,18). The minimum absolute atomic E-state index is 0.130. The zero-order valence-electron chi connectivity index (χ0n) is 13.1. The quantitative estimate of drug-likeness (QED) is 0.803. The molecule has 24 heavy (non-hydrogen) atoms. The van der Waals surface area contributed by atoms with E-state index >= 15 is 0 Å². The van der Waals surface area contributed by atoms with Crippen molar-refractivity contribution < 1.29 is 27.5 Å². The Kier molecular flexibility index (Phi) is 4.22. The number of hydrogen-bond donors (Lipinski definition) is 1. The van der Waals surface area contributed by atoms with Crippen LogP contribution in [0.2, 0.25) is 0 Å². The SMILES string of the molecule is CNC(=O)c1ccc(S(=O)(=O)N2CCC3(CC2)COC(=O)O3)cc1. The van der Waals surface area contributed by atoms with Gasteiger partial charge in [-0.3, -0.25) is 4.79 Å². The van der Waals surface area contributed by atoms with Crippen LogP contribution in [-0.2, 0) is 19.5 Å². The van der Waals surface area contributed by atoms with Gasteiger partial charge in [0.2, 0.25) is 10.0 Å². The van der Waals surface area contributed by atoms with Gasteiger partial charge in [0.05, 0.1) is 4.90 Å². The zero-order valence-corrected chi connectivity index (χ0v) is 14.0. The van der Waals surface area contributed by atoms with Crippen LogP contribution in [0.15, 0.2) is 29.2 Å². The Morgan fingerprint density at radius 2 is 1.83 bits per heavy atom. The summed E-state index contributed by atoms with van der Waals surface area (Å²) >= 11 is 0. The maximum Gasteiger partial charge on any atom is 0.509 e. The van der Waals surface area contributed by atoms with Gasteiger partial charge in [-0.2, -0.15) is 4.31 Å². The number of cyclic esters (lactones) is 1. The Morgan fingerprint density at radius 1 is 1.21 bits per heavy atom. The van der Waals surface area contributed by atoms with Crippen LogP contribution in [0.3, 0.4) is 0 Å². The van der Waals surface area contributed by atoms with Gasteiger partial charge in [-0.05, 0) is 24.3 Å². The number of nitrogens with zero attached hydrogens (tertiary/aromatic N) is 1. The molecule has 9 heteroatoms. The number of nitrogens with one attached hydrogen (secondary N) is 1. The number of piperidine rings is 1. The van der Waals surface area contributed by atoms with E-state index in [1.54, 1.807) is 0 Å². The summed E-state index contributed by atoms with van der Waals surface area (Å²) in [5.74, 6) is -0.276. The first-order chi connectivity index (χ1) is 11.4. The van der Waals surface area contributed by atoms with Crippen LogP contribution in [0.5, 0.6) is 0 Å². The van der Waals surface area contributed by atoms with Gasteiger partial charge in [0, 0.05) is 38.5 Å². The molecule has 130 valence electrons. The number of ether oxygens (including phenoxy) is 2. The molecule has 1 spiro atoms. The smallest absolute Gasteiger partial charge is 0.430 e. The fourth-order valence-corrected chi connectivity index (χ4v) is 4.32. The topological polar surface area (TPSA) is 102 Å². The summed E-state index contributed by atoms with van der Waals surface area (Å²) in [6.45, 7) is 0.660. The summed E-state index contributed by atoms with van der Waals surface area (Å²) in [6.07, 6.45) is 0.0962. The molecule has 1 N–H and O–H groups in total. The third-order valence-electron chi connectivity index (χ3n) is 4.37. The second kappa shape index (κ2) is 6.06. The van der Waals surface area contributed by atoms with Crippen molar-refractivity contribution in [1.29, 1.82) is 0 Å². The normalized spacial score (nSPS) is 20.5. The number of carbonyl (C=O) groups is 2. The molecular weight excluding hydrogens is 336 g/mol. The molecule has 0 bridgehead atoms. The largest absolute Gasteiger partial charge is 0.509 e. The van der Waals surface area contributed by atoms with Crippen molar-refractivity contribution in [2.24, 2.45) is 0 Å². The van der Waals surface area contributed by atoms with E-state index < -0.39 is 21.8 Å². The lowest BCUT2D eigenvalue weighted by Gasteiger charge is -2.35. The first-order valence-electron chi connectivity index (χ1n) is 7.54. The molecule has 8 nitrogen and oxygen atoms in total. The second-order valence-electron chi connectivity index (χ2n) is 5.83. The van der Waals surface area contributed by atoms with Gasteiger partial charge in [0.15, 0.2) is 5.60 Å². The molecule has 0 aliphatic carbocycles. The highest BCUT2D eigenvalue weighted by atomic mass is 32.2. The number of hydrogen-bond acceptors (Lipinski definition) is 6. The van der Waals surface area contributed by atoms with E-state index in [0.717, 1.165) is 0 Å². The maximum absolute atomic E-state index is 12.7. The van der Waals surface area contributed by atoms with E-state index in [1.807, 2.05) is 0 Å². The summed E-state index contributed by atoms with van der Waals surface area (Å²) in [6, 6.07) is 5.79. The van der Waals surface area contributed by atoms with Crippen LogP contribution in [0.4, 0.5) is 4.79 Å². The van der Waals surface area contributed by atoms with Gasteiger partial charge in [0.1, 0.15) is 6.61 Å². The summed E-state index contributed by atoms with van der Waals surface area (Å²) in [5, 5.41) is 2.48. The molecule has 0 aromatic heterocycles. The Morgan fingerprint density at radius 3 is 2.33 bits per heavy atom. The fourth-order valence-electron chi connectivity index (χ4n) is 2.88. The monoisotopic (exact) mass is 354 g/mol. The second-order valence-corrected chi connectivity index (χ2v) is 7.77. The van der Waals surface area contributed by atoms with Crippen molar-refractivity contribution in [3.8, 4) is 0 Å². The molecule has 0 radical (unpaired) electrons. The highest BCUT2D eigenvalue weighted by molar-refractivity contribution is 7.89. The summed E-state index contributed by atoms with van der Waals surface area (Å²) in [4.78, 5) is 22.8. The third-order valence-corrected chi connectivity index (χ3v) is 6.28. The van der Waals surface area contributed by atoms with Crippen LogP contribution in [-0.4, -0.2) is 57.1 Å². The lowest BCUT2D eigenvalue weighted by molar-refractivity contribution is 0.0170. The Bertz CT molecular complexity index is 751. The molecule has 2 aliphatic rings. The van der Waals surface area contributed by atoms with Crippen LogP contribution < -0.4 is 5.32 Å². The summed E-state index contributed by atoms with van der Waals surface area (Å²) in [7, 11) is -2.14. The summed E-state index contributed by atoms with van der Waals surface area (Å²) in [5.41, 5.74) is -0.310. The first-order valence-corrected chi connectivity index (χ1v) is 8.98. The molecule has 2 aliphatic heterocycles. The lowest BCUT2D eigenvalue weighted by Crippen LogP contribution is -2.47. The average molecular weight is 354 g/mol. The van der Waals surface area contributed by atoms with Crippen molar-refractivity contribution >= 4 is 22.1 Å². The molecule has 0 unspecified atom stereocenters. The number of amides is 1. The maximum atomic E-state index is 12.7. The van der Waals surface area contributed by atoms with E-state index in [2.05, 4.69) is 5.32 Å². The summed E-state index contributed by atoms with van der Waals surface area (Å²) < 4.78 is 36.8. The molecule has 3 rings (SSSR count). The molecule has 0 atom stereocenters. The van der Waals surface area contributed by atoms with Crippen LogP contribution in [0, 0.1) is 0 Å². The van der Waals surface area contributed by atoms with E-state index in [-0.39, 0.29) is 30.5 Å².